The van der Waals surface area contributed by atoms with Gasteiger partial charge in [0.25, 0.3) is 11.8 Å². The van der Waals surface area contributed by atoms with Crippen molar-refractivity contribution in [3.63, 3.8) is 0 Å². The number of hydrogen-bond acceptors (Lipinski definition) is 11. The van der Waals surface area contributed by atoms with E-state index in [0.717, 1.165) is 47.9 Å². The summed E-state index contributed by atoms with van der Waals surface area (Å²) in [6.45, 7) is 24.0. The summed E-state index contributed by atoms with van der Waals surface area (Å²) in [5.74, 6) is 0.243. The monoisotopic (exact) mass is 1070 g/mol. The van der Waals surface area contributed by atoms with Crippen LogP contribution in [0.15, 0.2) is 72.8 Å². The van der Waals surface area contributed by atoms with Gasteiger partial charge >= 0.3 is 12.2 Å². The predicted octanol–water partition coefficient (Wildman–Crippen LogP) is 12.3. The van der Waals surface area contributed by atoms with E-state index in [1.807, 2.05) is 29.2 Å². The second kappa shape index (κ2) is 23.4. The Balaban J connectivity index is 1.07. The zero-order valence-corrected chi connectivity index (χ0v) is 48.0. The minimum absolute atomic E-state index is 0.00210. The van der Waals surface area contributed by atoms with Gasteiger partial charge in [-0.2, -0.15) is 0 Å². The number of nitrogens with zero attached hydrogens (tertiary/aromatic N) is 2. The SMILES string of the molecule is COc1cc(C(=O)N2CCC[C@H]2CO[Si](C)(C)C(C)(C)C)c(NC(=O)O)cc1OCCCOc1cc(NC(=O)OCC2c3ccccc3-c3ccccc32)c(C(=O)N2CCC[C@H]2CO[Si](C)(C)C(C)(C)C)cc1OC. The van der Waals surface area contributed by atoms with Crippen molar-refractivity contribution in [3.8, 4) is 34.1 Å². The first-order valence-corrected chi connectivity index (χ1v) is 32.0. The van der Waals surface area contributed by atoms with E-state index in [1.165, 1.54) is 26.4 Å². The number of nitrogens with one attached hydrogen (secondary N) is 2. The van der Waals surface area contributed by atoms with Crippen LogP contribution in [0, 0.1) is 0 Å². The third-order valence-electron chi connectivity index (χ3n) is 15.9. The molecule has 0 unspecified atom stereocenters. The van der Waals surface area contributed by atoms with Crippen LogP contribution in [0.3, 0.4) is 0 Å². The maximum absolute atomic E-state index is 14.7. The van der Waals surface area contributed by atoms with Crippen molar-refractivity contribution in [2.24, 2.45) is 0 Å². The summed E-state index contributed by atoms with van der Waals surface area (Å²) in [4.78, 5) is 58.4. The Kier molecular flexibility index (Phi) is 17.7. The van der Waals surface area contributed by atoms with E-state index >= 15 is 0 Å². The summed E-state index contributed by atoms with van der Waals surface area (Å²) in [5.41, 5.74) is 4.97. The van der Waals surface area contributed by atoms with Crippen LogP contribution in [0.4, 0.5) is 21.0 Å². The highest BCUT2D eigenvalue weighted by molar-refractivity contribution is 6.74. The van der Waals surface area contributed by atoms with E-state index in [9.17, 15) is 24.3 Å². The minimum Gasteiger partial charge on any atom is -0.493 e. The van der Waals surface area contributed by atoms with Crippen LogP contribution in [0.5, 0.6) is 23.0 Å². The molecule has 4 aromatic rings. The number of carbonyl (C=O) groups excluding carboxylic acids is 3. The highest BCUT2D eigenvalue weighted by Gasteiger charge is 2.42. The molecule has 4 aromatic carbocycles. The number of hydrogen-bond donors (Lipinski definition) is 3. The molecular formula is C57H78N4O12Si2. The quantitative estimate of drug-likeness (QED) is 0.0563. The van der Waals surface area contributed by atoms with E-state index in [0.29, 0.717) is 32.7 Å². The predicted molar refractivity (Wildman–Crippen MR) is 296 cm³/mol. The Morgan fingerprint density at radius 3 is 1.45 bits per heavy atom. The van der Waals surface area contributed by atoms with Crippen molar-refractivity contribution in [1.29, 1.82) is 0 Å². The Hall–Kier alpha value is -6.09. The van der Waals surface area contributed by atoms with Crippen LogP contribution >= 0.6 is 0 Å². The number of rotatable bonds is 20. The van der Waals surface area contributed by atoms with E-state index < -0.39 is 28.8 Å². The molecule has 3 N–H and O–H groups in total. The van der Waals surface area contributed by atoms with Gasteiger partial charge in [-0.25, -0.2) is 9.59 Å². The average Bonchev–Trinajstić information content (AvgIpc) is 4.11. The summed E-state index contributed by atoms with van der Waals surface area (Å²) < 4.78 is 43.1. The first-order valence-electron chi connectivity index (χ1n) is 26.2. The Bertz CT molecular complexity index is 2670. The second-order valence-corrected chi connectivity index (χ2v) is 32.4. The van der Waals surface area contributed by atoms with E-state index in [1.54, 1.807) is 17.0 Å². The molecule has 1 aliphatic carbocycles. The maximum Gasteiger partial charge on any atom is 0.411 e. The fourth-order valence-corrected chi connectivity index (χ4v) is 11.5. The number of likely N-dealkylation sites (tertiary alicyclic amines) is 2. The largest absolute Gasteiger partial charge is 0.493 e. The summed E-state index contributed by atoms with van der Waals surface area (Å²) in [5, 5.41) is 15.1. The molecule has 0 bridgehead atoms. The zero-order valence-electron chi connectivity index (χ0n) is 46.0. The van der Waals surface area contributed by atoms with Crippen molar-refractivity contribution in [3.05, 3.63) is 95.1 Å². The third-order valence-corrected chi connectivity index (χ3v) is 24.9. The van der Waals surface area contributed by atoms with E-state index in [4.69, 9.17) is 32.5 Å². The first-order chi connectivity index (χ1) is 35.4. The number of amides is 4. The van der Waals surface area contributed by atoms with Gasteiger partial charge in [0.05, 0.1) is 75.2 Å². The van der Waals surface area contributed by atoms with Crippen molar-refractivity contribution < 1.29 is 56.8 Å². The lowest BCUT2D eigenvalue weighted by atomic mass is 9.98. The summed E-state index contributed by atoms with van der Waals surface area (Å²) in [6.07, 6.45) is 1.44. The van der Waals surface area contributed by atoms with Gasteiger partial charge in [-0.15, -0.1) is 0 Å². The molecule has 7 rings (SSSR count). The molecule has 2 aliphatic heterocycles. The lowest BCUT2D eigenvalue weighted by Crippen LogP contribution is -2.46. The van der Waals surface area contributed by atoms with Gasteiger partial charge in [0.1, 0.15) is 6.61 Å². The summed E-state index contributed by atoms with van der Waals surface area (Å²) in [7, 11) is -1.26. The van der Waals surface area contributed by atoms with Gasteiger partial charge in [0.15, 0.2) is 39.6 Å². The topological polar surface area (TPSA) is 184 Å². The molecule has 406 valence electrons. The second-order valence-electron chi connectivity index (χ2n) is 22.8. The first kappa shape index (κ1) is 56.6. The number of fused-ring (bicyclic) bond motifs is 3. The van der Waals surface area contributed by atoms with Crippen LogP contribution in [-0.4, -0.2) is 128 Å². The molecule has 2 saturated heterocycles. The zero-order chi connectivity index (χ0) is 54.5. The number of methoxy groups -OCH3 is 2. The minimum atomic E-state index is -2.12. The molecule has 4 amide bonds. The normalized spacial score (nSPS) is 16.8. The fourth-order valence-electron chi connectivity index (χ4n) is 9.41. The fraction of sp³-hybridized carbons (Fsp3) is 0.509. The summed E-state index contributed by atoms with van der Waals surface area (Å²) in [6, 6.07) is 22.0. The molecule has 0 saturated carbocycles. The molecule has 16 nitrogen and oxygen atoms in total. The number of carbonyl (C=O) groups is 4. The van der Waals surface area contributed by atoms with Crippen LogP contribution in [-0.2, 0) is 13.6 Å². The van der Waals surface area contributed by atoms with Gasteiger partial charge in [0, 0.05) is 37.6 Å². The summed E-state index contributed by atoms with van der Waals surface area (Å²) >= 11 is 0. The number of carboxylic acid groups (broad SMARTS) is 1. The van der Waals surface area contributed by atoms with Crippen LogP contribution < -0.4 is 29.6 Å². The van der Waals surface area contributed by atoms with Crippen LogP contribution in [0.2, 0.25) is 36.3 Å². The van der Waals surface area contributed by atoms with Crippen molar-refractivity contribution >= 4 is 52.0 Å². The van der Waals surface area contributed by atoms with Gasteiger partial charge in [-0.1, -0.05) is 90.1 Å². The molecule has 18 heteroatoms. The smallest absolute Gasteiger partial charge is 0.411 e. The molecule has 3 aliphatic rings. The number of anilines is 2. The third kappa shape index (κ3) is 13.0. The number of benzene rings is 4. The Morgan fingerprint density at radius 1 is 0.613 bits per heavy atom. The Morgan fingerprint density at radius 2 is 1.04 bits per heavy atom. The Labute approximate surface area is 444 Å². The lowest BCUT2D eigenvalue weighted by molar-refractivity contribution is 0.0678. The maximum atomic E-state index is 14.7. The molecule has 0 aromatic heterocycles. The average molecular weight is 1070 g/mol. The van der Waals surface area contributed by atoms with Crippen molar-refractivity contribution in [1.82, 2.24) is 9.80 Å². The molecule has 2 fully saturated rings. The highest BCUT2D eigenvalue weighted by Crippen LogP contribution is 2.45. The standard InChI is InChI=1S/C57H78N4O12Si2/c1-56(2,3)74(9,10)72-34-37-20-17-26-60(37)52(62)43-30-48(67-7)50(32-46(43)58-54(64)65)69-28-19-29-70-51-33-47(59-55(66)71-36-45-41-24-15-13-22-39(41)40-23-14-16-25-42(40)45)44(31-49(51)68-8)53(63)61-27-18-21-38(61)35-73-75(11,12)57(4,5)6/h13-16,22-25,30-33,37-38,45,58H,17-21,26-29,34-36H2,1-12H3,(H,59,66)(H,64,65)/t37-,38-/m0/s1. The van der Waals surface area contributed by atoms with Crippen molar-refractivity contribution in [2.75, 3.05) is 71.0 Å². The van der Waals surface area contributed by atoms with Crippen molar-refractivity contribution in [2.45, 2.75) is 128 Å². The van der Waals surface area contributed by atoms with Gasteiger partial charge in [-0.3, -0.25) is 20.2 Å². The van der Waals surface area contributed by atoms with Gasteiger partial charge in [-0.05, 0) is 96.3 Å². The van der Waals surface area contributed by atoms with E-state index in [2.05, 4.69) is 103 Å². The molecule has 2 heterocycles. The molecule has 75 heavy (non-hydrogen) atoms. The lowest BCUT2D eigenvalue weighted by Gasteiger charge is -2.38. The van der Waals surface area contributed by atoms with E-state index in [-0.39, 0.29) is 105 Å². The molecule has 2 atom stereocenters. The molecule has 0 radical (unpaired) electrons. The molecular weight excluding hydrogens is 989 g/mol. The van der Waals surface area contributed by atoms with Crippen LogP contribution in [0.25, 0.3) is 11.1 Å². The van der Waals surface area contributed by atoms with Gasteiger partial charge < -0.3 is 47.4 Å². The van der Waals surface area contributed by atoms with Crippen LogP contribution in [0.1, 0.15) is 111 Å². The highest BCUT2D eigenvalue weighted by atomic mass is 28.4. The number of ether oxygens (including phenoxy) is 5. The molecule has 0 spiro atoms. The van der Waals surface area contributed by atoms with Gasteiger partial charge in [0.2, 0.25) is 0 Å².